The Labute approximate surface area is 217 Å². The van der Waals surface area contributed by atoms with Crippen molar-refractivity contribution in [3.05, 3.63) is 64.2 Å². The minimum Gasteiger partial charge on any atom is -0.477 e. The van der Waals surface area contributed by atoms with E-state index in [9.17, 15) is 14.7 Å². The molecule has 4 aromatic rings. The minimum absolute atomic E-state index is 0.0522. The molecule has 3 aromatic carbocycles. The summed E-state index contributed by atoms with van der Waals surface area (Å²) in [4.78, 5) is 27.4. The van der Waals surface area contributed by atoms with Crippen molar-refractivity contribution < 1.29 is 23.8 Å². The number of rotatable bonds is 7. The van der Waals surface area contributed by atoms with Gasteiger partial charge in [-0.05, 0) is 42.3 Å². The predicted octanol–water partition coefficient (Wildman–Crippen LogP) is 4.19. The minimum atomic E-state index is -1.42. The Balaban J connectivity index is 1.43. The van der Waals surface area contributed by atoms with E-state index in [2.05, 4.69) is 10.2 Å². The Hall–Kier alpha value is -4.15. The average molecular weight is 519 g/mol. The number of carboxylic acid groups (broad SMARTS) is 1. The first-order chi connectivity index (χ1) is 18.4. The molecule has 2 aliphatic rings. The number of anilines is 2. The summed E-state index contributed by atoms with van der Waals surface area (Å²) in [7, 11) is 0. The maximum absolute atomic E-state index is 15.7. The normalized spacial score (nSPS) is 14.9. The van der Waals surface area contributed by atoms with Crippen LogP contribution in [0.4, 0.5) is 15.8 Å². The lowest BCUT2D eigenvalue weighted by Crippen LogP contribution is -2.36. The van der Waals surface area contributed by atoms with Crippen LogP contribution in [0.25, 0.3) is 27.4 Å². The molecule has 3 heterocycles. The molecule has 196 valence electrons. The number of aromatic nitrogens is 1. The highest BCUT2D eigenvalue weighted by Crippen LogP contribution is 2.48. The number of aromatic carboxylic acids is 1. The van der Waals surface area contributed by atoms with Gasteiger partial charge in [-0.25, -0.2) is 9.18 Å². The highest BCUT2D eigenvalue weighted by molar-refractivity contribution is 6.05. The maximum Gasteiger partial charge on any atom is 0.341 e. The van der Waals surface area contributed by atoms with Gasteiger partial charge in [-0.1, -0.05) is 24.3 Å². The molecule has 1 fully saturated rings. The molecule has 0 radical (unpaired) electrons. The third-order valence-corrected chi connectivity index (χ3v) is 7.21. The first-order valence-corrected chi connectivity index (χ1v) is 12.6. The van der Waals surface area contributed by atoms with E-state index in [1.165, 1.54) is 6.20 Å². The Bertz CT molecular complexity index is 1640. The average Bonchev–Trinajstić information content (AvgIpc) is 2.92. The van der Waals surface area contributed by atoms with Gasteiger partial charge in [0, 0.05) is 25.8 Å². The summed E-state index contributed by atoms with van der Waals surface area (Å²) in [5, 5.41) is 14.4. The fourth-order valence-corrected chi connectivity index (χ4v) is 5.24. The van der Waals surface area contributed by atoms with Crippen molar-refractivity contribution in [2.24, 2.45) is 0 Å². The molecular formula is C28H27FN4O5. The number of pyridine rings is 1. The van der Waals surface area contributed by atoms with Crippen molar-refractivity contribution in [1.82, 2.24) is 9.47 Å². The van der Waals surface area contributed by atoms with Crippen LogP contribution in [0, 0.1) is 5.82 Å². The number of benzene rings is 3. The third-order valence-electron chi connectivity index (χ3n) is 7.21. The molecule has 0 unspecified atom stereocenters. The zero-order chi connectivity index (χ0) is 26.4. The van der Waals surface area contributed by atoms with Crippen LogP contribution in [-0.2, 0) is 4.74 Å². The van der Waals surface area contributed by atoms with E-state index in [1.807, 2.05) is 36.4 Å². The molecule has 2 aliphatic heterocycles. The van der Waals surface area contributed by atoms with E-state index in [-0.39, 0.29) is 22.3 Å². The fraction of sp³-hybridized carbons (Fsp3) is 0.286. The summed E-state index contributed by atoms with van der Waals surface area (Å²) in [5.74, 6) is -1.73. The number of carboxylic acids is 1. The molecular weight excluding hydrogens is 491 g/mol. The second kappa shape index (κ2) is 9.62. The number of ether oxygens (including phenoxy) is 2. The third kappa shape index (κ3) is 4.02. The smallest absolute Gasteiger partial charge is 0.341 e. The standard InChI is InChI=1S/C28H27FN4O5/c29-22-23(30)21-25-27(24(22)31-7-3-4-8-32-9-11-37-12-10-32)38-20-14-17-6-2-1-5-16(17)13-19(20)33(25)15-18(26(21)34)28(35)36/h1-2,5-6,13-15,31H,3-4,7-12,30H2,(H,35,36). The van der Waals surface area contributed by atoms with Crippen molar-refractivity contribution in [1.29, 1.82) is 0 Å². The summed E-state index contributed by atoms with van der Waals surface area (Å²) in [6, 6.07) is 11.3. The van der Waals surface area contributed by atoms with Crippen molar-refractivity contribution >= 4 is 39.0 Å². The molecule has 0 atom stereocenters. The van der Waals surface area contributed by atoms with E-state index in [1.54, 1.807) is 4.57 Å². The van der Waals surface area contributed by atoms with Crippen molar-refractivity contribution in [2.45, 2.75) is 12.8 Å². The number of carbonyl (C=O) groups is 1. The monoisotopic (exact) mass is 518 g/mol. The quantitative estimate of drug-likeness (QED) is 0.217. The molecule has 0 bridgehead atoms. The number of hydrogen-bond donors (Lipinski definition) is 3. The van der Waals surface area contributed by atoms with Crippen LogP contribution in [0.15, 0.2) is 47.4 Å². The number of fused-ring (bicyclic) bond motifs is 3. The molecule has 1 aromatic heterocycles. The Kier molecular flexibility index (Phi) is 6.13. The van der Waals surface area contributed by atoms with E-state index in [4.69, 9.17) is 15.2 Å². The number of hydrogen-bond acceptors (Lipinski definition) is 7. The van der Waals surface area contributed by atoms with Gasteiger partial charge in [-0.3, -0.25) is 9.69 Å². The van der Waals surface area contributed by atoms with Gasteiger partial charge in [0.15, 0.2) is 17.3 Å². The van der Waals surface area contributed by atoms with Crippen molar-refractivity contribution in [3.8, 4) is 17.2 Å². The van der Waals surface area contributed by atoms with Crippen molar-refractivity contribution in [3.63, 3.8) is 0 Å². The number of morpholine rings is 1. The molecule has 4 N–H and O–H groups in total. The maximum atomic E-state index is 15.7. The lowest BCUT2D eigenvalue weighted by atomic mass is 10.0. The predicted molar refractivity (Wildman–Crippen MR) is 143 cm³/mol. The van der Waals surface area contributed by atoms with Gasteiger partial charge < -0.3 is 30.2 Å². The van der Waals surface area contributed by atoms with Crippen molar-refractivity contribution in [2.75, 3.05) is 50.4 Å². The largest absolute Gasteiger partial charge is 0.477 e. The Morgan fingerprint density at radius 1 is 1.13 bits per heavy atom. The van der Waals surface area contributed by atoms with Gasteiger partial charge in [-0.15, -0.1) is 0 Å². The van der Waals surface area contributed by atoms with E-state index in [0.29, 0.717) is 18.0 Å². The first kappa shape index (κ1) is 24.2. The number of unbranched alkanes of at least 4 members (excludes halogenated alkanes) is 1. The number of nitrogen functional groups attached to an aromatic ring is 1. The van der Waals surface area contributed by atoms with Gasteiger partial charge >= 0.3 is 5.97 Å². The topological polar surface area (TPSA) is 119 Å². The Morgan fingerprint density at radius 2 is 1.87 bits per heavy atom. The number of nitrogens with zero attached hydrogens (tertiary/aromatic N) is 2. The van der Waals surface area contributed by atoms with Crippen LogP contribution >= 0.6 is 0 Å². The highest BCUT2D eigenvalue weighted by Gasteiger charge is 2.31. The van der Waals surface area contributed by atoms with Gasteiger partial charge in [0.1, 0.15) is 16.8 Å². The summed E-state index contributed by atoms with van der Waals surface area (Å²) in [6.07, 6.45) is 2.95. The number of nitrogens with one attached hydrogen (secondary N) is 1. The van der Waals surface area contributed by atoms with Crippen LogP contribution in [0.3, 0.4) is 0 Å². The Morgan fingerprint density at radius 3 is 2.61 bits per heavy atom. The highest BCUT2D eigenvalue weighted by atomic mass is 19.1. The molecule has 0 aliphatic carbocycles. The van der Waals surface area contributed by atoms with Crippen LogP contribution in [0.5, 0.6) is 11.5 Å². The van der Waals surface area contributed by atoms with Crippen LogP contribution in [-0.4, -0.2) is 59.9 Å². The van der Waals surface area contributed by atoms with Crippen LogP contribution in [0.2, 0.25) is 0 Å². The summed E-state index contributed by atoms with van der Waals surface area (Å²) >= 11 is 0. The summed E-state index contributed by atoms with van der Waals surface area (Å²) in [6.45, 7) is 4.68. The van der Waals surface area contributed by atoms with Gasteiger partial charge in [0.2, 0.25) is 5.43 Å². The molecule has 38 heavy (non-hydrogen) atoms. The molecule has 6 rings (SSSR count). The lowest BCUT2D eigenvalue weighted by Gasteiger charge is -2.27. The first-order valence-electron chi connectivity index (χ1n) is 12.6. The molecule has 1 saturated heterocycles. The van der Waals surface area contributed by atoms with E-state index < -0.39 is 28.5 Å². The molecule has 10 heteroatoms. The molecule has 0 saturated carbocycles. The summed E-state index contributed by atoms with van der Waals surface area (Å²) < 4.78 is 28.9. The van der Waals surface area contributed by atoms with Crippen LogP contribution < -0.4 is 21.2 Å². The lowest BCUT2D eigenvalue weighted by molar-refractivity contribution is 0.0373. The second-order valence-corrected chi connectivity index (χ2v) is 9.56. The molecule has 0 amide bonds. The van der Waals surface area contributed by atoms with Gasteiger partial charge in [0.05, 0.1) is 30.0 Å². The summed E-state index contributed by atoms with van der Waals surface area (Å²) in [5.41, 5.74) is 5.20. The SMILES string of the molecule is Nc1c(F)c(NCCCCN2CCOCC2)c2c3c1c(=O)c(C(=O)O)cn3-c1cc3ccccc3cc1O2. The zero-order valence-electron chi connectivity index (χ0n) is 20.6. The van der Waals surface area contributed by atoms with E-state index >= 15 is 4.39 Å². The van der Waals surface area contributed by atoms with Crippen LogP contribution in [0.1, 0.15) is 23.2 Å². The fourth-order valence-electron chi connectivity index (χ4n) is 5.24. The zero-order valence-corrected chi connectivity index (χ0v) is 20.6. The molecule has 9 nitrogen and oxygen atoms in total. The van der Waals surface area contributed by atoms with E-state index in [0.717, 1.165) is 56.5 Å². The second-order valence-electron chi connectivity index (χ2n) is 9.56. The van der Waals surface area contributed by atoms with Gasteiger partial charge in [0.25, 0.3) is 0 Å². The van der Waals surface area contributed by atoms with Gasteiger partial charge in [-0.2, -0.15) is 0 Å². The number of nitrogens with two attached hydrogens (primary N) is 1. The number of halogens is 1. The molecule has 0 spiro atoms.